The third-order valence-electron chi connectivity index (χ3n) is 2.26. The minimum absolute atomic E-state index is 0.793. The van der Waals surface area contributed by atoms with E-state index < -0.39 is 0 Å². The van der Waals surface area contributed by atoms with Crippen LogP contribution in [0.4, 0.5) is 0 Å². The lowest BCUT2D eigenvalue weighted by molar-refractivity contribution is 0.787. The molecule has 84 valence electrons. The van der Waals surface area contributed by atoms with Gasteiger partial charge in [0.1, 0.15) is 17.7 Å². The highest BCUT2D eigenvalue weighted by molar-refractivity contribution is 7.99. The number of hydrogen-bond acceptors (Lipinski definition) is 6. The smallest absolute Gasteiger partial charge is 0.197 e. The van der Waals surface area contributed by atoms with Gasteiger partial charge in [-0.05, 0) is 17.8 Å². The molecule has 0 aliphatic heterocycles. The lowest BCUT2D eigenvalue weighted by Crippen LogP contribution is -1.92. The summed E-state index contributed by atoms with van der Waals surface area (Å²) in [6, 6.07) is 1.90. The first-order valence-corrected chi connectivity index (χ1v) is 5.73. The second-order valence-electron chi connectivity index (χ2n) is 3.40. The average molecular weight is 244 g/mol. The molecule has 6 nitrogen and oxygen atoms in total. The SMILES string of the molecule is Cn1cnnc1Sc1ncnc2cnccc12. The number of fused-ring (bicyclic) bond motifs is 1. The molecule has 0 aliphatic carbocycles. The Bertz CT molecular complexity index is 659. The van der Waals surface area contributed by atoms with E-state index in [1.54, 1.807) is 18.7 Å². The summed E-state index contributed by atoms with van der Waals surface area (Å²) in [4.78, 5) is 12.5. The van der Waals surface area contributed by atoms with Crippen molar-refractivity contribution in [3.63, 3.8) is 0 Å². The third kappa shape index (κ3) is 1.84. The molecule has 0 amide bonds. The van der Waals surface area contributed by atoms with Crippen molar-refractivity contribution in [3.05, 3.63) is 31.1 Å². The summed E-state index contributed by atoms with van der Waals surface area (Å²) >= 11 is 1.46. The summed E-state index contributed by atoms with van der Waals surface area (Å²) in [6.07, 6.45) is 6.64. The van der Waals surface area contributed by atoms with Gasteiger partial charge < -0.3 is 4.57 Å². The largest absolute Gasteiger partial charge is 0.311 e. The Morgan fingerprint density at radius 1 is 1.29 bits per heavy atom. The highest BCUT2D eigenvalue weighted by atomic mass is 32.2. The van der Waals surface area contributed by atoms with Gasteiger partial charge in [0, 0.05) is 18.6 Å². The van der Waals surface area contributed by atoms with Crippen LogP contribution in [0.5, 0.6) is 0 Å². The first-order valence-electron chi connectivity index (χ1n) is 4.91. The lowest BCUT2D eigenvalue weighted by atomic mass is 10.3. The van der Waals surface area contributed by atoms with Crippen LogP contribution in [0.3, 0.4) is 0 Å². The first kappa shape index (κ1) is 10.2. The van der Waals surface area contributed by atoms with Gasteiger partial charge >= 0.3 is 0 Å². The Morgan fingerprint density at radius 2 is 2.24 bits per heavy atom. The molecule has 3 aromatic rings. The molecule has 0 radical (unpaired) electrons. The number of hydrogen-bond donors (Lipinski definition) is 0. The molecule has 3 rings (SSSR count). The molecule has 0 fully saturated rings. The van der Waals surface area contributed by atoms with Gasteiger partial charge in [-0.15, -0.1) is 10.2 Å². The van der Waals surface area contributed by atoms with Crippen molar-refractivity contribution in [1.29, 1.82) is 0 Å². The zero-order valence-electron chi connectivity index (χ0n) is 8.98. The van der Waals surface area contributed by atoms with Crippen LogP contribution in [-0.2, 0) is 7.05 Å². The van der Waals surface area contributed by atoms with E-state index in [1.165, 1.54) is 18.1 Å². The van der Waals surface area contributed by atoms with E-state index in [2.05, 4.69) is 25.1 Å². The topological polar surface area (TPSA) is 69.4 Å². The summed E-state index contributed by atoms with van der Waals surface area (Å²) in [5.74, 6) is 0. The fourth-order valence-corrected chi connectivity index (χ4v) is 2.25. The predicted octanol–water partition coefficient (Wildman–Crippen LogP) is 1.30. The van der Waals surface area contributed by atoms with Gasteiger partial charge in [-0.3, -0.25) is 4.98 Å². The van der Waals surface area contributed by atoms with Gasteiger partial charge in [-0.25, -0.2) is 9.97 Å². The van der Waals surface area contributed by atoms with Crippen LogP contribution in [0.15, 0.2) is 41.3 Å². The molecular weight excluding hydrogens is 236 g/mol. The minimum Gasteiger partial charge on any atom is -0.311 e. The van der Waals surface area contributed by atoms with Gasteiger partial charge in [0.15, 0.2) is 5.16 Å². The molecule has 0 bridgehead atoms. The average Bonchev–Trinajstić information content (AvgIpc) is 2.76. The van der Waals surface area contributed by atoms with Gasteiger partial charge in [-0.1, -0.05) is 0 Å². The van der Waals surface area contributed by atoms with Crippen LogP contribution in [-0.4, -0.2) is 29.7 Å². The summed E-state index contributed by atoms with van der Waals surface area (Å²) < 4.78 is 1.85. The molecule has 0 spiro atoms. The molecule has 0 saturated carbocycles. The van der Waals surface area contributed by atoms with Crippen LogP contribution in [0.2, 0.25) is 0 Å². The Kier molecular flexibility index (Phi) is 2.45. The van der Waals surface area contributed by atoms with E-state index in [-0.39, 0.29) is 0 Å². The van der Waals surface area contributed by atoms with E-state index in [1.807, 2.05) is 17.7 Å². The van der Waals surface area contributed by atoms with Crippen LogP contribution in [0.25, 0.3) is 10.9 Å². The molecule has 7 heteroatoms. The molecule has 0 atom stereocenters. The molecule has 0 N–H and O–H groups in total. The predicted molar refractivity (Wildman–Crippen MR) is 62.5 cm³/mol. The van der Waals surface area contributed by atoms with Crippen molar-refractivity contribution in [1.82, 2.24) is 29.7 Å². The third-order valence-corrected chi connectivity index (χ3v) is 3.33. The van der Waals surface area contributed by atoms with Crippen molar-refractivity contribution in [2.45, 2.75) is 10.2 Å². The zero-order chi connectivity index (χ0) is 11.7. The molecule has 3 heterocycles. The molecule has 3 aromatic heterocycles. The van der Waals surface area contributed by atoms with Crippen molar-refractivity contribution in [3.8, 4) is 0 Å². The Labute approximate surface area is 101 Å². The van der Waals surface area contributed by atoms with E-state index >= 15 is 0 Å². The molecule has 0 aliphatic rings. The maximum Gasteiger partial charge on any atom is 0.197 e. The highest BCUT2D eigenvalue weighted by Crippen LogP contribution is 2.28. The maximum atomic E-state index is 4.27. The number of aromatic nitrogens is 6. The summed E-state index contributed by atoms with van der Waals surface area (Å²) in [6.45, 7) is 0. The molecule has 0 unspecified atom stereocenters. The monoisotopic (exact) mass is 244 g/mol. The highest BCUT2D eigenvalue weighted by Gasteiger charge is 2.08. The maximum absolute atomic E-state index is 4.27. The van der Waals surface area contributed by atoms with Crippen LogP contribution in [0, 0.1) is 0 Å². The Morgan fingerprint density at radius 3 is 3.06 bits per heavy atom. The quantitative estimate of drug-likeness (QED) is 0.633. The summed E-state index contributed by atoms with van der Waals surface area (Å²) in [7, 11) is 1.90. The first-order chi connectivity index (χ1) is 8.34. The standard InChI is InChI=1S/C10H8N6S/c1-16-6-14-15-10(16)17-9-7-2-3-11-4-8(7)12-5-13-9/h2-6H,1H3. The molecule has 17 heavy (non-hydrogen) atoms. The van der Waals surface area contributed by atoms with Crippen LogP contribution < -0.4 is 0 Å². The zero-order valence-corrected chi connectivity index (χ0v) is 9.79. The summed E-state index contributed by atoms with van der Waals surface area (Å²) in [5.41, 5.74) is 0.826. The fourth-order valence-electron chi connectivity index (χ4n) is 1.42. The summed E-state index contributed by atoms with van der Waals surface area (Å²) in [5, 5.41) is 10.5. The van der Waals surface area contributed by atoms with E-state index in [4.69, 9.17) is 0 Å². The molecule has 0 aromatic carbocycles. The van der Waals surface area contributed by atoms with E-state index in [9.17, 15) is 0 Å². The van der Waals surface area contributed by atoms with Crippen molar-refractivity contribution >= 4 is 22.7 Å². The van der Waals surface area contributed by atoms with Crippen molar-refractivity contribution in [2.24, 2.45) is 7.05 Å². The Balaban J connectivity index is 2.09. The van der Waals surface area contributed by atoms with E-state index in [0.29, 0.717) is 0 Å². The van der Waals surface area contributed by atoms with Gasteiger partial charge in [-0.2, -0.15) is 0 Å². The van der Waals surface area contributed by atoms with Crippen molar-refractivity contribution in [2.75, 3.05) is 0 Å². The lowest BCUT2D eigenvalue weighted by Gasteiger charge is -2.02. The second kappa shape index (κ2) is 4.10. The van der Waals surface area contributed by atoms with E-state index in [0.717, 1.165) is 21.1 Å². The van der Waals surface area contributed by atoms with Gasteiger partial charge in [0.05, 0.1) is 11.7 Å². The molecular formula is C10H8N6S. The van der Waals surface area contributed by atoms with Crippen molar-refractivity contribution < 1.29 is 0 Å². The molecule has 0 saturated heterocycles. The van der Waals surface area contributed by atoms with Crippen LogP contribution in [0.1, 0.15) is 0 Å². The van der Waals surface area contributed by atoms with Crippen LogP contribution >= 0.6 is 11.8 Å². The normalized spacial score (nSPS) is 10.9. The van der Waals surface area contributed by atoms with Gasteiger partial charge in [0.2, 0.25) is 0 Å². The fraction of sp³-hybridized carbons (Fsp3) is 0.100. The Hall–Kier alpha value is -2.02. The minimum atomic E-state index is 0.793. The number of nitrogens with zero attached hydrogens (tertiary/aromatic N) is 6. The number of rotatable bonds is 2. The van der Waals surface area contributed by atoms with Gasteiger partial charge in [0.25, 0.3) is 0 Å². The number of aryl methyl sites for hydroxylation is 1. The second-order valence-corrected chi connectivity index (χ2v) is 4.35. The number of pyridine rings is 1.